The van der Waals surface area contributed by atoms with Gasteiger partial charge in [0.1, 0.15) is 6.04 Å². The predicted molar refractivity (Wildman–Crippen MR) is 127 cm³/mol. The Hall–Kier alpha value is -3.22. The third-order valence-corrected chi connectivity index (χ3v) is 5.77. The molecule has 3 aromatic carbocycles. The Balaban J connectivity index is 1.53. The SMILES string of the molecule is O=NC1CCCN(C(=O)c2ccc(NC(=O)c3cc(Cl)cc(Cl)c3)cc2)c2ccccc21. The van der Waals surface area contributed by atoms with Gasteiger partial charge in [0.05, 0.1) is 0 Å². The fourth-order valence-electron chi connectivity index (χ4n) is 3.79. The minimum atomic E-state index is -0.457. The zero-order valence-electron chi connectivity index (χ0n) is 16.9. The average molecular weight is 468 g/mol. The number of anilines is 2. The van der Waals surface area contributed by atoms with Crippen molar-refractivity contribution < 1.29 is 9.59 Å². The Morgan fingerprint density at radius 2 is 1.62 bits per heavy atom. The lowest BCUT2D eigenvalue weighted by atomic mass is 10.0. The summed E-state index contributed by atoms with van der Waals surface area (Å²) in [4.78, 5) is 38.7. The lowest BCUT2D eigenvalue weighted by Gasteiger charge is -2.23. The summed E-state index contributed by atoms with van der Waals surface area (Å²) in [5, 5.41) is 6.75. The van der Waals surface area contributed by atoms with Crippen molar-refractivity contribution in [3.05, 3.63) is 98.4 Å². The number of nitrogens with one attached hydrogen (secondary N) is 1. The summed E-state index contributed by atoms with van der Waals surface area (Å²) in [5.74, 6) is -0.536. The lowest BCUT2D eigenvalue weighted by Crippen LogP contribution is -2.31. The molecule has 32 heavy (non-hydrogen) atoms. The van der Waals surface area contributed by atoms with Crippen molar-refractivity contribution in [1.82, 2.24) is 0 Å². The van der Waals surface area contributed by atoms with Crippen LogP contribution in [0.15, 0.2) is 71.9 Å². The number of rotatable bonds is 4. The molecule has 2 amide bonds. The first-order valence-corrected chi connectivity index (χ1v) is 10.8. The number of hydrogen-bond acceptors (Lipinski definition) is 4. The minimum Gasteiger partial charge on any atom is -0.322 e. The highest BCUT2D eigenvalue weighted by Crippen LogP contribution is 2.35. The van der Waals surface area contributed by atoms with E-state index < -0.39 is 6.04 Å². The summed E-state index contributed by atoms with van der Waals surface area (Å²) in [6.07, 6.45) is 1.27. The fraction of sp³-hybridized carbons (Fsp3) is 0.167. The molecule has 0 saturated carbocycles. The maximum atomic E-state index is 13.2. The monoisotopic (exact) mass is 467 g/mol. The molecule has 0 fully saturated rings. The number of benzene rings is 3. The van der Waals surface area contributed by atoms with Gasteiger partial charge in [0.15, 0.2) is 0 Å². The highest BCUT2D eigenvalue weighted by Gasteiger charge is 2.27. The van der Waals surface area contributed by atoms with Gasteiger partial charge >= 0.3 is 0 Å². The van der Waals surface area contributed by atoms with E-state index in [1.807, 2.05) is 24.3 Å². The number of amides is 2. The molecule has 6 nitrogen and oxygen atoms in total. The normalized spacial score (nSPS) is 15.4. The van der Waals surface area contributed by atoms with E-state index in [0.29, 0.717) is 51.9 Å². The van der Waals surface area contributed by atoms with E-state index in [9.17, 15) is 14.5 Å². The van der Waals surface area contributed by atoms with E-state index in [4.69, 9.17) is 23.2 Å². The molecule has 8 heteroatoms. The molecule has 0 saturated heterocycles. The van der Waals surface area contributed by atoms with E-state index in [1.54, 1.807) is 35.2 Å². The van der Waals surface area contributed by atoms with Crippen molar-refractivity contribution in [3.63, 3.8) is 0 Å². The number of fused-ring (bicyclic) bond motifs is 1. The molecule has 1 N–H and O–H groups in total. The van der Waals surface area contributed by atoms with Crippen LogP contribution in [0.4, 0.5) is 11.4 Å². The molecule has 162 valence electrons. The van der Waals surface area contributed by atoms with Gasteiger partial charge < -0.3 is 10.2 Å². The van der Waals surface area contributed by atoms with Gasteiger partial charge in [-0.25, -0.2) is 0 Å². The lowest BCUT2D eigenvalue weighted by molar-refractivity contribution is 0.0985. The molecule has 1 aliphatic heterocycles. The first-order valence-electron chi connectivity index (χ1n) is 10.1. The van der Waals surface area contributed by atoms with Crippen LogP contribution in [0.5, 0.6) is 0 Å². The Morgan fingerprint density at radius 1 is 0.938 bits per heavy atom. The zero-order chi connectivity index (χ0) is 22.7. The van der Waals surface area contributed by atoms with Crippen LogP contribution in [0.25, 0.3) is 0 Å². The maximum absolute atomic E-state index is 13.2. The molecule has 1 atom stereocenters. The third-order valence-electron chi connectivity index (χ3n) is 5.33. The van der Waals surface area contributed by atoms with E-state index >= 15 is 0 Å². The second kappa shape index (κ2) is 9.51. The van der Waals surface area contributed by atoms with Crippen molar-refractivity contribution >= 4 is 46.4 Å². The maximum Gasteiger partial charge on any atom is 0.258 e. The van der Waals surface area contributed by atoms with Gasteiger partial charge in [-0.15, -0.1) is 0 Å². The molecule has 0 spiro atoms. The minimum absolute atomic E-state index is 0.177. The van der Waals surface area contributed by atoms with Crippen molar-refractivity contribution in [2.24, 2.45) is 5.18 Å². The van der Waals surface area contributed by atoms with Crippen molar-refractivity contribution in [1.29, 1.82) is 0 Å². The molecule has 3 aromatic rings. The number of nitrogens with zero attached hydrogens (tertiary/aromatic N) is 2. The van der Waals surface area contributed by atoms with Crippen LogP contribution < -0.4 is 10.2 Å². The summed E-state index contributed by atoms with van der Waals surface area (Å²) in [6, 6.07) is 18.1. The second-order valence-electron chi connectivity index (χ2n) is 7.47. The fourth-order valence-corrected chi connectivity index (χ4v) is 4.32. The van der Waals surface area contributed by atoms with E-state index in [-0.39, 0.29) is 11.8 Å². The number of hydrogen-bond donors (Lipinski definition) is 1. The summed E-state index contributed by atoms with van der Waals surface area (Å²) in [5.41, 5.74) is 2.81. The molecule has 4 rings (SSSR count). The van der Waals surface area contributed by atoms with Crippen LogP contribution in [-0.2, 0) is 0 Å². The Bertz CT molecular complexity index is 1160. The summed E-state index contributed by atoms with van der Waals surface area (Å²) in [6.45, 7) is 0.496. The smallest absolute Gasteiger partial charge is 0.258 e. The van der Waals surface area contributed by atoms with Crippen LogP contribution in [-0.4, -0.2) is 18.4 Å². The van der Waals surface area contributed by atoms with Gasteiger partial charge in [0.25, 0.3) is 11.8 Å². The van der Waals surface area contributed by atoms with Gasteiger partial charge in [0.2, 0.25) is 0 Å². The molecule has 1 heterocycles. The van der Waals surface area contributed by atoms with Gasteiger partial charge in [-0.1, -0.05) is 46.6 Å². The van der Waals surface area contributed by atoms with Crippen LogP contribution >= 0.6 is 23.2 Å². The van der Waals surface area contributed by atoms with Crippen LogP contribution in [0.2, 0.25) is 10.0 Å². The molecule has 1 unspecified atom stereocenters. The van der Waals surface area contributed by atoms with E-state index in [0.717, 1.165) is 5.56 Å². The third kappa shape index (κ3) is 4.66. The quantitative estimate of drug-likeness (QED) is 0.445. The Morgan fingerprint density at radius 3 is 2.31 bits per heavy atom. The highest BCUT2D eigenvalue weighted by atomic mass is 35.5. The Labute approximate surface area is 195 Å². The largest absolute Gasteiger partial charge is 0.322 e. The number of halogens is 2. The van der Waals surface area contributed by atoms with E-state index in [1.165, 1.54) is 12.1 Å². The average Bonchev–Trinajstić information content (AvgIpc) is 2.98. The molecule has 0 aliphatic carbocycles. The summed E-state index contributed by atoms with van der Waals surface area (Å²) >= 11 is 11.9. The van der Waals surface area contributed by atoms with Crippen molar-refractivity contribution in [2.45, 2.75) is 18.9 Å². The number of carbonyl (C=O) groups is 2. The van der Waals surface area contributed by atoms with Gasteiger partial charge in [0, 0.05) is 44.7 Å². The number of para-hydroxylation sites is 1. The van der Waals surface area contributed by atoms with Gasteiger partial charge in [-0.05, 0) is 61.4 Å². The van der Waals surface area contributed by atoms with Crippen LogP contribution in [0, 0.1) is 4.91 Å². The standard InChI is InChI=1S/C24H19Cl2N3O3/c25-17-12-16(13-18(26)14-17)23(30)27-19-9-7-15(8-10-19)24(31)29-11-3-5-21(28-32)20-4-1-2-6-22(20)29/h1-2,4,6-10,12-14,21H,3,5,11H2,(H,27,30). The van der Waals surface area contributed by atoms with Crippen LogP contribution in [0.1, 0.15) is 45.2 Å². The highest BCUT2D eigenvalue weighted by molar-refractivity contribution is 6.35. The van der Waals surface area contributed by atoms with Crippen molar-refractivity contribution in [3.8, 4) is 0 Å². The van der Waals surface area contributed by atoms with Gasteiger partial charge in [-0.2, -0.15) is 4.91 Å². The first-order chi connectivity index (χ1) is 15.5. The van der Waals surface area contributed by atoms with Gasteiger partial charge in [-0.3, -0.25) is 9.59 Å². The molecule has 0 aromatic heterocycles. The van der Waals surface area contributed by atoms with E-state index in [2.05, 4.69) is 10.5 Å². The molecule has 0 radical (unpaired) electrons. The summed E-state index contributed by atoms with van der Waals surface area (Å²) < 4.78 is 0. The molecular weight excluding hydrogens is 449 g/mol. The first kappa shape index (κ1) is 22.0. The number of carbonyl (C=O) groups excluding carboxylic acids is 2. The Kier molecular flexibility index (Phi) is 6.53. The van der Waals surface area contributed by atoms with Crippen LogP contribution in [0.3, 0.4) is 0 Å². The van der Waals surface area contributed by atoms with Crippen molar-refractivity contribution in [2.75, 3.05) is 16.8 Å². The topological polar surface area (TPSA) is 78.8 Å². The zero-order valence-corrected chi connectivity index (χ0v) is 18.4. The molecule has 1 aliphatic rings. The number of nitroso groups, excluding NO2 is 1. The predicted octanol–water partition coefficient (Wildman–Crippen LogP) is 6.49. The summed E-state index contributed by atoms with van der Waals surface area (Å²) in [7, 11) is 0. The molecular formula is C24H19Cl2N3O3. The molecule has 0 bridgehead atoms. The second-order valence-corrected chi connectivity index (χ2v) is 8.34.